The first kappa shape index (κ1) is 12.7. The van der Waals surface area contributed by atoms with Crippen LogP contribution in [0.25, 0.3) is 0 Å². The van der Waals surface area contributed by atoms with E-state index < -0.39 is 0 Å². The molecule has 0 N–H and O–H groups in total. The number of rotatable bonds is 3. The van der Waals surface area contributed by atoms with Gasteiger partial charge in [-0.05, 0) is 42.6 Å². The summed E-state index contributed by atoms with van der Waals surface area (Å²) in [5.74, 6) is 0. The van der Waals surface area contributed by atoms with Crippen molar-refractivity contribution in [2.24, 2.45) is 0 Å². The zero-order valence-corrected chi connectivity index (χ0v) is 11.7. The summed E-state index contributed by atoms with van der Waals surface area (Å²) in [6.07, 6.45) is 2.52. The lowest BCUT2D eigenvalue weighted by atomic mass is 10.0. The molecule has 0 bridgehead atoms. The van der Waals surface area contributed by atoms with E-state index in [0.717, 1.165) is 11.6 Å². The average Bonchev–Trinajstić information content (AvgIpc) is 2.89. The minimum Gasteiger partial charge on any atom is -0.292 e. The molecule has 1 unspecified atom stereocenters. The Morgan fingerprint density at radius 3 is 2.47 bits per heavy atom. The monoisotopic (exact) mass is 271 g/mol. The van der Waals surface area contributed by atoms with Crippen molar-refractivity contribution < 1.29 is 0 Å². The van der Waals surface area contributed by atoms with Crippen molar-refractivity contribution in [3.8, 4) is 0 Å². The predicted octanol–water partition coefficient (Wildman–Crippen LogP) is 4.68. The molecular formula is C17H18ClN. The largest absolute Gasteiger partial charge is 0.292 e. The molecule has 19 heavy (non-hydrogen) atoms. The minimum atomic E-state index is 0.539. The van der Waals surface area contributed by atoms with Crippen molar-refractivity contribution in [3.05, 3.63) is 70.7 Å². The van der Waals surface area contributed by atoms with Crippen molar-refractivity contribution in [1.29, 1.82) is 0 Å². The van der Waals surface area contributed by atoms with Crippen LogP contribution in [0.1, 0.15) is 30.0 Å². The summed E-state index contributed by atoms with van der Waals surface area (Å²) in [5, 5.41) is 0.816. The van der Waals surface area contributed by atoms with Gasteiger partial charge in [-0.25, -0.2) is 0 Å². The summed E-state index contributed by atoms with van der Waals surface area (Å²) in [4.78, 5) is 2.57. The van der Waals surface area contributed by atoms with E-state index in [4.69, 9.17) is 11.6 Å². The Balaban J connectivity index is 1.76. The number of nitrogens with zero attached hydrogens (tertiary/aromatic N) is 1. The van der Waals surface area contributed by atoms with Crippen LogP contribution in [0, 0.1) is 0 Å². The maximum atomic E-state index is 5.97. The third-order valence-corrected chi connectivity index (χ3v) is 4.10. The van der Waals surface area contributed by atoms with Crippen LogP contribution in [0.4, 0.5) is 0 Å². The van der Waals surface area contributed by atoms with Crippen LogP contribution in [0.5, 0.6) is 0 Å². The van der Waals surface area contributed by atoms with Crippen LogP contribution in [-0.4, -0.2) is 11.4 Å². The summed E-state index contributed by atoms with van der Waals surface area (Å²) in [6, 6.07) is 19.6. The maximum absolute atomic E-state index is 5.97. The van der Waals surface area contributed by atoms with Gasteiger partial charge in [-0.2, -0.15) is 0 Å². The smallest absolute Gasteiger partial charge is 0.0406 e. The molecule has 0 aliphatic carbocycles. The van der Waals surface area contributed by atoms with Crippen LogP contribution in [0.3, 0.4) is 0 Å². The molecule has 0 saturated carbocycles. The molecule has 1 saturated heterocycles. The van der Waals surface area contributed by atoms with Crippen LogP contribution < -0.4 is 0 Å². The molecule has 1 nitrogen and oxygen atoms in total. The number of likely N-dealkylation sites (tertiary alicyclic amines) is 1. The summed E-state index contributed by atoms with van der Waals surface area (Å²) in [5.41, 5.74) is 2.78. The zero-order valence-electron chi connectivity index (χ0n) is 10.9. The summed E-state index contributed by atoms with van der Waals surface area (Å²) >= 11 is 5.97. The maximum Gasteiger partial charge on any atom is 0.0406 e. The quantitative estimate of drug-likeness (QED) is 0.784. The molecule has 0 amide bonds. The van der Waals surface area contributed by atoms with Crippen LogP contribution in [0.15, 0.2) is 54.6 Å². The van der Waals surface area contributed by atoms with Crippen molar-refractivity contribution in [2.45, 2.75) is 25.4 Å². The first-order valence-corrected chi connectivity index (χ1v) is 7.24. The third-order valence-electron chi connectivity index (χ3n) is 3.85. The molecule has 1 aliphatic heterocycles. The SMILES string of the molecule is Clc1ccc(C2CCCN2Cc2ccccc2)cc1. The molecule has 2 heteroatoms. The lowest BCUT2D eigenvalue weighted by Crippen LogP contribution is -2.22. The molecule has 0 radical (unpaired) electrons. The first-order valence-electron chi connectivity index (χ1n) is 6.86. The van der Waals surface area contributed by atoms with Gasteiger partial charge in [0.25, 0.3) is 0 Å². The molecule has 1 aliphatic rings. The van der Waals surface area contributed by atoms with Crippen LogP contribution >= 0.6 is 11.6 Å². The molecule has 3 rings (SSSR count). The molecule has 1 heterocycles. The highest BCUT2D eigenvalue weighted by atomic mass is 35.5. The zero-order chi connectivity index (χ0) is 13.1. The van der Waals surface area contributed by atoms with Crippen LogP contribution in [0.2, 0.25) is 5.02 Å². The van der Waals surface area contributed by atoms with Gasteiger partial charge in [-0.1, -0.05) is 54.1 Å². The van der Waals surface area contributed by atoms with Gasteiger partial charge in [0.2, 0.25) is 0 Å². The Morgan fingerprint density at radius 1 is 1.00 bits per heavy atom. The molecule has 98 valence electrons. The lowest BCUT2D eigenvalue weighted by molar-refractivity contribution is 0.248. The van der Waals surface area contributed by atoms with Gasteiger partial charge in [0.05, 0.1) is 0 Å². The number of benzene rings is 2. The highest BCUT2D eigenvalue weighted by Crippen LogP contribution is 2.33. The highest BCUT2D eigenvalue weighted by Gasteiger charge is 2.25. The number of hydrogen-bond acceptors (Lipinski definition) is 1. The van der Waals surface area contributed by atoms with E-state index in [1.54, 1.807) is 0 Å². The van der Waals surface area contributed by atoms with Gasteiger partial charge in [-0.3, -0.25) is 4.90 Å². The van der Waals surface area contributed by atoms with Crippen molar-refractivity contribution >= 4 is 11.6 Å². The molecule has 2 aromatic carbocycles. The Hall–Kier alpha value is -1.31. The van der Waals surface area contributed by atoms with Gasteiger partial charge in [0.1, 0.15) is 0 Å². The fraction of sp³-hybridized carbons (Fsp3) is 0.294. The normalized spacial score (nSPS) is 19.7. The van der Waals surface area contributed by atoms with Gasteiger partial charge in [0, 0.05) is 17.6 Å². The van der Waals surface area contributed by atoms with E-state index in [-0.39, 0.29) is 0 Å². The predicted molar refractivity (Wildman–Crippen MR) is 80.3 cm³/mol. The second kappa shape index (κ2) is 5.77. The summed E-state index contributed by atoms with van der Waals surface area (Å²) in [7, 11) is 0. The van der Waals surface area contributed by atoms with E-state index in [9.17, 15) is 0 Å². The summed E-state index contributed by atoms with van der Waals surface area (Å²) in [6.45, 7) is 2.22. The Kier molecular flexibility index (Phi) is 3.86. The Labute approximate surface area is 119 Å². The Bertz CT molecular complexity index is 521. The van der Waals surface area contributed by atoms with Crippen molar-refractivity contribution in [3.63, 3.8) is 0 Å². The molecule has 1 fully saturated rings. The second-order valence-corrected chi connectivity index (χ2v) is 5.60. The average molecular weight is 272 g/mol. The number of hydrogen-bond donors (Lipinski definition) is 0. The van der Waals surface area contributed by atoms with E-state index in [1.807, 2.05) is 12.1 Å². The fourth-order valence-corrected chi connectivity index (χ4v) is 3.02. The standard InChI is InChI=1S/C17H18ClN/c18-16-10-8-15(9-11-16)17-7-4-12-19(17)13-14-5-2-1-3-6-14/h1-3,5-6,8-11,17H,4,7,12-13H2. The third kappa shape index (κ3) is 2.99. The minimum absolute atomic E-state index is 0.539. The van der Waals surface area contributed by atoms with Gasteiger partial charge in [-0.15, -0.1) is 0 Å². The first-order chi connectivity index (χ1) is 9.33. The van der Waals surface area contributed by atoms with E-state index >= 15 is 0 Å². The lowest BCUT2D eigenvalue weighted by Gasteiger charge is -2.25. The summed E-state index contributed by atoms with van der Waals surface area (Å²) < 4.78 is 0. The van der Waals surface area contributed by atoms with E-state index in [1.165, 1.54) is 30.5 Å². The molecule has 0 aromatic heterocycles. The van der Waals surface area contributed by atoms with Crippen molar-refractivity contribution in [2.75, 3.05) is 6.54 Å². The van der Waals surface area contributed by atoms with E-state index in [0.29, 0.717) is 6.04 Å². The molecule has 0 spiro atoms. The fourth-order valence-electron chi connectivity index (χ4n) is 2.90. The topological polar surface area (TPSA) is 3.24 Å². The second-order valence-electron chi connectivity index (χ2n) is 5.17. The number of halogens is 1. The van der Waals surface area contributed by atoms with Gasteiger partial charge >= 0.3 is 0 Å². The van der Waals surface area contributed by atoms with Gasteiger partial charge < -0.3 is 0 Å². The molecule has 2 aromatic rings. The Morgan fingerprint density at radius 2 is 1.74 bits per heavy atom. The van der Waals surface area contributed by atoms with Crippen LogP contribution in [-0.2, 0) is 6.54 Å². The molecule has 1 atom stereocenters. The van der Waals surface area contributed by atoms with Gasteiger partial charge in [0.15, 0.2) is 0 Å². The van der Waals surface area contributed by atoms with Crippen molar-refractivity contribution in [1.82, 2.24) is 4.90 Å². The highest BCUT2D eigenvalue weighted by molar-refractivity contribution is 6.30. The molecular weight excluding hydrogens is 254 g/mol. The van der Waals surface area contributed by atoms with E-state index in [2.05, 4.69) is 47.4 Å².